The minimum absolute atomic E-state index is 0.181. The predicted octanol–water partition coefficient (Wildman–Crippen LogP) is 4.19. The lowest BCUT2D eigenvalue weighted by molar-refractivity contribution is -0.142. The van der Waals surface area contributed by atoms with Crippen LogP contribution < -0.4 is 5.32 Å². The summed E-state index contributed by atoms with van der Waals surface area (Å²) in [6.45, 7) is 4.19. The number of carbonyl (C=O) groups excluding carboxylic acids is 1. The molecule has 0 aliphatic carbocycles. The van der Waals surface area contributed by atoms with Crippen molar-refractivity contribution >= 4 is 23.3 Å². The molecule has 2 heterocycles. The number of hydrogen-bond acceptors (Lipinski definition) is 3. The Morgan fingerprint density at radius 1 is 1.22 bits per heavy atom. The fraction of sp³-hybridized carbons (Fsp3) is 0.412. The number of aromatic nitrogens is 2. The van der Waals surface area contributed by atoms with Crippen LogP contribution in [0.25, 0.3) is 5.69 Å². The van der Waals surface area contributed by atoms with Crippen LogP contribution in [0.5, 0.6) is 0 Å². The van der Waals surface area contributed by atoms with Crippen molar-refractivity contribution < 1.29 is 22.7 Å². The van der Waals surface area contributed by atoms with Crippen molar-refractivity contribution in [1.82, 2.24) is 14.7 Å². The van der Waals surface area contributed by atoms with E-state index in [1.54, 1.807) is 13.8 Å². The fourth-order valence-electron chi connectivity index (χ4n) is 3.03. The predicted molar refractivity (Wildman–Crippen MR) is 94.2 cm³/mol. The molecule has 1 fully saturated rings. The maximum Gasteiger partial charge on any atom is 0.435 e. The summed E-state index contributed by atoms with van der Waals surface area (Å²) in [6.07, 6.45) is -4.12. The first kappa shape index (κ1) is 19.5. The van der Waals surface area contributed by atoms with E-state index in [-0.39, 0.29) is 17.9 Å². The summed E-state index contributed by atoms with van der Waals surface area (Å²) in [5.74, 6) is 0. The third kappa shape index (κ3) is 4.36. The van der Waals surface area contributed by atoms with Crippen LogP contribution >= 0.6 is 11.6 Å². The van der Waals surface area contributed by atoms with E-state index >= 15 is 0 Å². The maximum atomic E-state index is 13.7. The number of nitrogens with one attached hydrogen (secondary N) is 1. The van der Waals surface area contributed by atoms with E-state index in [9.17, 15) is 18.0 Å². The van der Waals surface area contributed by atoms with E-state index in [1.807, 2.05) is 0 Å². The number of amides is 2. The molecule has 0 saturated carbocycles. The lowest BCUT2D eigenvalue weighted by Crippen LogP contribution is -2.49. The minimum atomic E-state index is -4.72. The van der Waals surface area contributed by atoms with E-state index in [0.29, 0.717) is 18.1 Å². The summed E-state index contributed by atoms with van der Waals surface area (Å²) in [4.78, 5) is 13.9. The third-order valence-corrected chi connectivity index (χ3v) is 4.31. The highest BCUT2D eigenvalue weighted by atomic mass is 35.5. The first-order valence-corrected chi connectivity index (χ1v) is 8.65. The molecule has 2 unspecified atom stereocenters. The highest BCUT2D eigenvalue weighted by Crippen LogP contribution is 2.36. The number of anilines is 1. The molecule has 2 amide bonds. The van der Waals surface area contributed by atoms with Crippen molar-refractivity contribution in [2.24, 2.45) is 0 Å². The van der Waals surface area contributed by atoms with Crippen LogP contribution in [0.4, 0.5) is 23.7 Å². The van der Waals surface area contributed by atoms with Gasteiger partial charge in [0.2, 0.25) is 0 Å². The molecule has 2 aromatic rings. The molecular formula is C17H18ClF3N4O2. The summed E-state index contributed by atoms with van der Waals surface area (Å²) >= 11 is 5.79. The van der Waals surface area contributed by atoms with Gasteiger partial charge in [0.1, 0.15) is 0 Å². The molecular weight excluding hydrogens is 385 g/mol. The van der Waals surface area contributed by atoms with Crippen LogP contribution in [0.1, 0.15) is 19.5 Å². The van der Waals surface area contributed by atoms with Crippen molar-refractivity contribution in [3.63, 3.8) is 0 Å². The van der Waals surface area contributed by atoms with Gasteiger partial charge in [0.15, 0.2) is 5.69 Å². The van der Waals surface area contributed by atoms with Gasteiger partial charge in [-0.1, -0.05) is 11.6 Å². The first-order valence-electron chi connectivity index (χ1n) is 8.27. The van der Waals surface area contributed by atoms with Crippen LogP contribution in [0.2, 0.25) is 5.02 Å². The summed E-state index contributed by atoms with van der Waals surface area (Å²) < 4.78 is 47.2. The quantitative estimate of drug-likeness (QED) is 0.819. The van der Waals surface area contributed by atoms with Crippen molar-refractivity contribution in [3.05, 3.63) is 41.2 Å². The molecule has 6 nitrogen and oxygen atoms in total. The number of nitrogens with zero attached hydrogens (tertiary/aromatic N) is 3. The van der Waals surface area contributed by atoms with Gasteiger partial charge < -0.3 is 15.0 Å². The molecule has 1 aliphatic rings. The van der Waals surface area contributed by atoms with Crippen molar-refractivity contribution in [3.8, 4) is 5.69 Å². The lowest BCUT2D eigenvalue weighted by atomic mass is 10.2. The molecule has 0 spiro atoms. The number of benzene rings is 1. The molecule has 1 saturated heterocycles. The van der Waals surface area contributed by atoms with Gasteiger partial charge >= 0.3 is 12.2 Å². The number of hydrogen-bond donors (Lipinski definition) is 1. The highest BCUT2D eigenvalue weighted by Gasteiger charge is 2.40. The molecule has 1 aromatic heterocycles. The molecule has 1 aromatic carbocycles. The summed E-state index contributed by atoms with van der Waals surface area (Å²) in [6, 6.07) is 5.14. The molecule has 0 bridgehead atoms. The van der Waals surface area contributed by atoms with Gasteiger partial charge in [-0.05, 0) is 38.1 Å². The summed E-state index contributed by atoms with van der Waals surface area (Å²) in [5, 5.41) is 6.53. The molecule has 10 heteroatoms. The third-order valence-electron chi connectivity index (χ3n) is 4.06. The molecule has 0 radical (unpaired) electrons. The van der Waals surface area contributed by atoms with Crippen molar-refractivity contribution in [2.45, 2.75) is 32.2 Å². The first-order chi connectivity index (χ1) is 12.6. The average molecular weight is 403 g/mol. The van der Waals surface area contributed by atoms with Gasteiger partial charge in [-0.3, -0.25) is 0 Å². The van der Waals surface area contributed by atoms with Gasteiger partial charge in [-0.25, -0.2) is 9.48 Å². The smallest absolute Gasteiger partial charge is 0.372 e. The number of alkyl halides is 3. The summed E-state index contributed by atoms with van der Waals surface area (Å²) in [5.41, 5.74) is -1.29. The lowest BCUT2D eigenvalue weighted by Gasteiger charge is -2.35. The van der Waals surface area contributed by atoms with Crippen molar-refractivity contribution in [1.29, 1.82) is 0 Å². The van der Waals surface area contributed by atoms with Gasteiger partial charge in [0.05, 0.1) is 29.8 Å². The van der Waals surface area contributed by atoms with E-state index in [1.165, 1.54) is 29.2 Å². The zero-order valence-corrected chi connectivity index (χ0v) is 15.4. The molecule has 2 atom stereocenters. The van der Waals surface area contributed by atoms with E-state index < -0.39 is 23.6 Å². The second kappa shape index (κ2) is 7.40. The SMILES string of the molecule is CC1CN(C(=O)Nc2cnn(-c3ccc(Cl)cc3)c2C(F)(F)F)CC(C)O1. The largest absolute Gasteiger partial charge is 0.435 e. The number of rotatable bonds is 2. The van der Waals surface area contributed by atoms with Gasteiger partial charge in [-0.15, -0.1) is 0 Å². The average Bonchev–Trinajstić information content (AvgIpc) is 2.98. The van der Waals surface area contributed by atoms with E-state index in [0.717, 1.165) is 10.9 Å². The van der Waals surface area contributed by atoms with Crippen LogP contribution in [0, 0.1) is 0 Å². The Hall–Kier alpha value is -2.26. The Kier molecular flexibility index (Phi) is 5.34. The van der Waals surface area contributed by atoms with Crippen LogP contribution in [0.15, 0.2) is 30.5 Å². The number of carbonyl (C=O) groups is 1. The minimum Gasteiger partial charge on any atom is -0.372 e. The topological polar surface area (TPSA) is 59.4 Å². The Bertz CT molecular complexity index is 813. The highest BCUT2D eigenvalue weighted by molar-refractivity contribution is 6.30. The zero-order chi connectivity index (χ0) is 19.8. The van der Waals surface area contributed by atoms with Crippen molar-refractivity contribution in [2.75, 3.05) is 18.4 Å². The standard InChI is InChI=1S/C17H18ClF3N4O2/c1-10-8-24(9-11(2)27-10)16(26)23-14-7-22-25(15(14)17(19,20)21)13-5-3-12(18)4-6-13/h3-7,10-11H,8-9H2,1-2H3,(H,23,26). The monoisotopic (exact) mass is 402 g/mol. The van der Waals surface area contributed by atoms with Crippen LogP contribution in [-0.2, 0) is 10.9 Å². The number of halogens is 4. The van der Waals surface area contributed by atoms with E-state index in [2.05, 4.69) is 10.4 Å². The normalized spacial score (nSPS) is 20.6. The molecule has 146 valence electrons. The molecule has 27 heavy (non-hydrogen) atoms. The number of morpholine rings is 1. The zero-order valence-electron chi connectivity index (χ0n) is 14.6. The Morgan fingerprint density at radius 3 is 2.37 bits per heavy atom. The molecule has 3 rings (SSSR count). The molecule has 1 N–H and O–H groups in total. The van der Waals surface area contributed by atoms with Crippen LogP contribution in [-0.4, -0.2) is 46.0 Å². The second-order valence-electron chi connectivity index (χ2n) is 6.39. The van der Waals surface area contributed by atoms with Gasteiger partial charge in [0.25, 0.3) is 0 Å². The van der Waals surface area contributed by atoms with E-state index in [4.69, 9.17) is 16.3 Å². The number of ether oxygens (including phenoxy) is 1. The Balaban J connectivity index is 1.89. The fourth-order valence-corrected chi connectivity index (χ4v) is 3.15. The van der Waals surface area contributed by atoms with Gasteiger partial charge in [-0.2, -0.15) is 18.3 Å². The Labute approximate surface area is 158 Å². The second-order valence-corrected chi connectivity index (χ2v) is 6.82. The summed E-state index contributed by atoms with van der Waals surface area (Å²) in [7, 11) is 0. The number of urea groups is 1. The maximum absolute atomic E-state index is 13.7. The van der Waals surface area contributed by atoms with Gasteiger partial charge in [0, 0.05) is 18.1 Å². The Morgan fingerprint density at radius 2 is 1.81 bits per heavy atom. The molecule has 1 aliphatic heterocycles. The van der Waals surface area contributed by atoms with Crippen LogP contribution in [0.3, 0.4) is 0 Å².